The summed E-state index contributed by atoms with van der Waals surface area (Å²) in [5, 5.41) is 4.27. The number of halogens is 1. The molecule has 17 heavy (non-hydrogen) atoms. The highest BCUT2D eigenvalue weighted by atomic mass is 35.5. The van der Waals surface area contributed by atoms with Crippen LogP contribution in [0.3, 0.4) is 0 Å². The summed E-state index contributed by atoms with van der Waals surface area (Å²) in [4.78, 5) is 4.69. The molecular formula is C13H16ClN3. The monoisotopic (exact) mass is 249 g/mol. The van der Waals surface area contributed by atoms with Crippen LogP contribution in [-0.4, -0.2) is 15.6 Å². The van der Waals surface area contributed by atoms with Gasteiger partial charge in [0, 0.05) is 18.1 Å². The van der Waals surface area contributed by atoms with Gasteiger partial charge in [0.15, 0.2) is 0 Å². The van der Waals surface area contributed by atoms with E-state index in [9.17, 15) is 0 Å². The number of rotatable bonds is 3. The molecule has 4 heteroatoms. The second kappa shape index (κ2) is 4.00. The van der Waals surface area contributed by atoms with Crippen LogP contribution in [0.15, 0.2) is 12.1 Å². The van der Waals surface area contributed by atoms with Gasteiger partial charge in [-0.2, -0.15) is 0 Å². The van der Waals surface area contributed by atoms with Gasteiger partial charge in [0.25, 0.3) is 0 Å². The van der Waals surface area contributed by atoms with Crippen molar-refractivity contribution in [1.82, 2.24) is 14.9 Å². The van der Waals surface area contributed by atoms with Crippen molar-refractivity contribution in [3.63, 3.8) is 0 Å². The Morgan fingerprint density at radius 3 is 2.94 bits per heavy atom. The van der Waals surface area contributed by atoms with E-state index in [0.717, 1.165) is 34.0 Å². The minimum absolute atomic E-state index is 0.708. The lowest BCUT2D eigenvalue weighted by atomic mass is 10.2. The molecule has 0 spiro atoms. The van der Waals surface area contributed by atoms with E-state index in [-0.39, 0.29) is 0 Å². The van der Waals surface area contributed by atoms with Gasteiger partial charge >= 0.3 is 0 Å². The van der Waals surface area contributed by atoms with E-state index in [2.05, 4.69) is 23.9 Å². The third kappa shape index (κ3) is 2.05. The van der Waals surface area contributed by atoms with E-state index in [1.165, 1.54) is 12.8 Å². The van der Waals surface area contributed by atoms with E-state index in [1.54, 1.807) is 0 Å². The van der Waals surface area contributed by atoms with Gasteiger partial charge in [0.1, 0.15) is 5.82 Å². The van der Waals surface area contributed by atoms with Crippen molar-refractivity contribution < 1.29 is 0 Å². The van der Waals surface area contributed by atoms with Crippen LogP contribution in [0.25, 0.3) is 11.0 Å². The normalized spacial score (nSPS) is 15.7. The Bertz CT molecular complexity index is 570. The zero-order valence-electron chi connectivity index (χ0n) is 10.1. The predicted molar refractivity (Wildman–Crippen MR) is 70.3 cm³/mol. The van der Waals surface area contributed by atoms with Gasteiger partial charge < -0.3 is 9.88 Å². The van der Waals surface area contributed by atoms with Crippen LogP contribution in [0.5, 0.6) is 0 Å². The van der Waals surface area contributed by atoms with E-state index in [4.69, 9.17) is 16.6 Å². The molecular weight excluding hydrogens is 234 g/mol. The van der Waals surface area contributed by atoms with Crippen LogP contribution in [0.1, 0.15) is 24.2 Å². The fourth-order valence-electron chi connectivity index (χ4n) is 2.14. The highest BCUT2D eigenvalue weighted by molar-refractivity contribution is 6.31. The lowest BCUT2D eigenvalue weighted by Gasteiger charge is -2.03. The van der Waals surface area contributed by atoms with Crippen molar-refractivity contribution in [2.45, 2.75) is 32.4 Å². The van der Waals surface area contributed by atoms with E-state index < -0.39 is 0 Å². The molecule has 2 aromatic rings. The fraction of sp³-hybridized carbons (Fsp3) is 0.462. The second-order valence-corrected chi connectivity index (χ2v) is 5.27. The first-order valence-electron chi connectivity index (χ1n) is 6.00. The summed E-state index contributed by atoms with van der Waals surface area (Å²) in [6, 6.07) is 4.66. The average molecular weight is 250 g/mol. The molecule has 0 aliphatic heterocycles. The molecule has 1 fully saturated rings. The van der Waals surface area contributed by atoms with E-state index in [0.29, 0.717) is 6.04 Å². The highest BCUT2D eigenvalue weighted by Gasteiger charge is 2.21. The van der Waals surface area contributed by atoms with Crippen LogP contribution >= 0.6 is 11.6 Å². The molecule has 1 aromatic heterocycles. The number of hydrogen-bond donors (Lipinski definition) is 1. The zero-order valence-corrected chi connectivity index (χ0v) is 10.9. The average Bonchev–Trinajstić information content (AvgIpc) is 3.04. The number of nitrogens with one attached hydrogen (secondary N) is 1. The van der Waals surface area contributed by atoms with Crippen LogP contribution in [0.4, 0.5) is 0 Å². The van der Waals surface area contributed by atoms with Gasteiger partial charge in [0.2, 0.25) is 0 Å². The molecule has 1 heterocycles. The quantitative estimate of drug-likeness (QED) is 0.907. The molecule has 1 aliphatic rings. The van der Waals surface area contributed by atoms with Gasteiger partial charge in [-0.25, -0.2) is 4.98 Å². The Kier molecular flexibility index (Phi) is 2.60. The van der Waals surface area contributed by atoms with Crippen molar-refractivity contribution in [2.75, 3.05) is 0 Å². The molecule has 0 saturated heterocycles. The molecule has 3 rings (SSSR count). The standard InChI is InChI=1S/C13H16ClN3/c1-8-5-9(14)6-11-13(8)16-12(17(11)2)7-15-10-3-4-10/h5-6,10,15H,3-4,7H2,1-2H3. The van der Waals surface area contributed by atoms with Crippen molar-refractivity contribution >= 4 is 22.6 Å². The molecule has 3 nitrogen and oxygen atoms in total. The Balaban J connectivity index is 2.01. The van der Waals surface area contributed by atoms with Gasteiger partial charge in [0.05, 0.1) is 17.6 Å². The summed E-state index contributed by atoms with van der Waals surface area (Å²) in [7, 11) is 2.05. The first-order chi connectivity index (χ1) is 8.15. The second-order valence-electron chi connectivity index (χ2n) is 4.83. The molecule has 90 valence electrons. The number of nitrogens with zero attached hydrogens (tertiary/aromatic N) is 2. The summed E-state index contributed by atoms with van der Waals surface area (Å²) >= 11 is 6.09. The topological polar surface area (TPSA) is 29.9 Å². The lowest BCUT2D eigenvalue weighted by Crippen LogP contribution is -2.18. The molecule has 0 atom stereocenters. The Labute approximate surface area is 106 Å². The van der Waals surface area contributed by atoms with E-state index >= 15 is 0 Å². The van der Waals surface area contributed by atoms with Crippen LogP contribution < -0.4 is 5.32 Å². The SMILES string of the molecule is Cc1cc(Cl)cc2c1nc(CNC1CC1)n2C. The number of hydrogen-bond acceptors (Lipinski definition) is 2. The maximum Gasteiger partial charge on any atom is 0.123 e. The van der Waals surface area contributed by atoms with Crippen molar-refractivity contribution in [3.05, 3.63) is 28.5 Å². The van der Waals surface area contributed by atoms with Crippen LogP contribution in [-0.2, 0) is 13.6 Å². The molecule has 0 bridgehead atoms. The lowest BCUT2D eigenvalue weighted by molar-refractivity contribution is 0.639. The van der Waals surface area contributed by atoms with Gasteiger partial charge in [-0.1, -0.05) is 11.6 Å². The molecule has 1 aliphatic carbocycles. The minimum atomic E-state index is 0.708. The Morgan fingerprint density at radius 1 is 1.47 bits per heavy atom. The maximum atomic E-state index is 6.09. The number of fused-ring (bicyclic) bond motifs is 1. The summed E-state index contributed by atoms with van der Waals surface area (Å²) in [6.07, 6.45) is 2.60. The predicted octanol–water partition coefficient (Wildman–Crippen LogP) is 2.79. The molecule has 1 aromatic carbocycles. The Hall–Kier alpha value is -1.06. The van der Waals surface area contributed by atoms with Crippen molar-refractivity contribution in [1.29, 1.82) is 0 Å². The molecule has 0 amide bonds. The minimum Gasteiger partial charge on any atom is -0.330 e. The highest BCUT2D eigenvalue weighted by Crippen LogP contribution is 2.24. The third-order valence-electron chi connectivity index (χ3n) is 3.36. The molecule has 0 unspecified atom stereocenters. The van der Waals surface area contributed by atoms with Gasteiger partial charge in [-0.3, -0.25) is 0 Å². The fourth-order valence-corrected chi connectivity index (χ4v) is 2.41. The van der Waals surface area contributed by atoms with Crippen LogP contribution in [0, 0.1) is 6.92 Å². The number of imidazole rings is 1. The number of aromatic nitrogens is 2. The number of aryl methyl sites for hydroxylation is 2. The van der Waals surface area contributed by atoms with Gasteiger partial charge in [-0.05, 0) is 37.5 Å². The van der Waals surface area contributed by atoms with Crippen LogP contribution in [0.2, 0.25) is 5.02 Å². The summed E-state index contributed by atoms with van der Waals surface area (Å²) in [5.74, 6) is 1.08. The zero-order chi connectivity index (χ0) is 12.0. The number of benzene rings is 1. The smallest absolute Gasteiger partial charge is 0.123 e. The Morgan fingerprint density at radius 2 is 2.24 bits per heavy atom. The molecule has 1 N–H and O–H groups in total. The maximum absolute atomic E-state index is 6.09. The summed E-state index contributed by atoms with van der Waals surface area (Å²) in [6.45, 7) is 2.90. The molecule has 1 saturated carbocycles. The van der Waals surface area contributed by atoms with Gasteiger partial charge in [-0.15, -0.1) is 0 Å². The summed E-state index contributed by atoms with van der Waals surface area (Å²) < 4.78 is 2.13. The summed E-state index contributed by atoms with van der Waals surface area (Å²) in [5.41, 5.74) is 3.31. The molecule has 0 radical (unpaired) electrons. The van der Waals surface area contributed by atoms with Crippen molar-refractivity contribution in [3.8, 4) is 0 Å². The third-order valence-corrected chi connectivity index (χ3v) is 3.58. The first kappa shape index (κ1) is 11.1. The first-order valence-corrected chi connectivity index (χ1v) is 6.38. The van der Waals surface area contributed by atoms with Crippen molar-refractivity contribution in [2.24, 2.45) is 7.05 Å². The largest absolute Gasteiger partial charge is 0.330 e. The van der Waals surface area contributed by atoms with E-state index in [1.807, 2.05) is 12.1 Å².